The van der Waals surface area contributed by atoms with Gasteiger partial charge in [-0.2, -0.15) is 0 Å². The van der Waals surface area contributed by atoms with E-state index >= 15 is 0 Å². The molecule has 0 aromatic rings. The van der Waals surface area contributed by atoms with Crippen molar-refractivity contribution in [3.05, 3.63) is 35.5 Å². The fourth-order valence-corrected chi connectivity index (χ4v) is 2.88. The van der Waals surface area contributed by atoms with Crippen LogP contribution in [0.5, 0.6) is 0 Å². The lowest BCUT2D eigenvalue weighted by atomic mass is 9.85. The van der Waals surface area contributed by atoms with E-state index in [0.717, 1.165) is 24.0 Å². The molecular formula is C17H22O5. The molecular weight excluding hydrogens is 284 g/mol. The maximum Gasteiger partial charge on any atom is 0.334 e. The van der Waals surface area contributed by atoms with Crippen molar-refractivity contribution in [3.8, 4) is 0 Å². The lowest BCUT2D eigenvalue weighted by molar-refractivity contribution is -0.141. The minimum Gasteiger partial charge on any atom is -0.461 e. The summed E-state index contributed by atoms with van der Waals surface area (Å²) in [5.74, 6) is -1.27. The van der Waals surface area contributed by atoms with Crippen LogP contribution in [0, 0.1) is 5.92 Å². The average Bonchev–Trinajstić information content (AvgIpc) is 2.70. The molecule has 2 aliphatic rings. The zero-order valence-electron chi connectivity index (χ0n) is 13.0. The second-order valence-electron chi connectivity index (χ2n) is 5.88. The van der Waals surface area contributed by atoms with Crippen molar-refractivity contribution >= 4 is 11.9 Å². The number of hydrogen-bond donors (Lipinski definition) is 1. The summed E-state index contributed by atoms with van der Waals surface area (Å²) < 4.78 is 10.4. The molecule has 0 amide bonds. The van der Waals surface area contributed by atoms with Crippen LogP contribution in [0.4, 0.5) is 0 Å². The molecule has 0 aromatic carbocycles. The van der Waals surface area contributed by atoms with E-state index < -0.39 is 24.1 Å². The Hall–Kier alpha value is -1.88. The topological polar surface area (TPSA) is 72.8 Å². The molecule has 0 radical (unpaired) electrons. The molecule has 1 heterocycles. The van der Waals surface area contributed by atoms with Gasteiger partial charge in [0.25, 0.3) is 0 Å². The first-order chi connectivity index (χ1) is 10.4. The largest absolute Gasteiger partial charge is 0.461 e. The van der Waals surface area contributed by atoms with E-state index in [1.54, 1.807) is 6.08 Å². The summed E-state index contributed by atoms with van der Waals surface area (Å²) in [5, 5.41) is 10.4. The molecule has 1 N–H and O–H groups in total. The van der Waals surface area contributed by atoms with E-state index in [1.165, 1.54) is 6.92 Å². The minimum absolute atomic E-state index is 0.182. The number of rotatable bonds is 2. The van der Waals surface area contributed by atoms with E-state index in [1.807, 2.05) is 13.0 Å². The van der Waals surface area contributed by atoms with E-state index in [-0.39, 0.29) is 12.6 Å². The fourth-order valence-electron chi connectivity index (χ4n) is 2.88. The number of aliphatic hydroxyl groups excluding tert-OH is 1. The summed E-state index contributed by atoms with van der Waals surface area (Å²) >= 11 is 0. The first kappa shape index (κ1) is 16.5. The van der Waals surface area contributed by atoms with Gasteiger partial charge in [0.2, 0.25) is 0 Å². The van der Waals surface area contributed by atoms with Crippen molar-refractivity contribution in [1.82, 2.24) is 0 Å². The molecule has 22 heavy (non-hydrogen) atoms. The van der Waals surface area contributed by atoms with Gasteiger partial charge in [-0.15, -0.1) is 0 Å². The van der Waals surface area contributed by atoms with Gasteiger partial charge in [-0.3, -0.25) is 4.79 Å². The summed E-state index contributed by atoms with van der Waals surface area (Å²) in [7, 11) is 0. The second-order valence-corrected chi connectivity index (χ2v) is 5.88. The number of carbonyl (C=O) groups excluding carboxylic acids is 2. The zero-order valence-corrected chi connectivity index (χ0v) is 13.0. The van der Waals surface area contributed by atoms with Crippen LogP contribution in [0.15, 0.2) is 35.5 Å². The summed E-state index contributed by atoms with van der Waals surface area (Å²) in [6.45, 7) is 7.24. The molecule has 0 aromatic heterocycles. The highest BCUT2D eigenvalue weighted by atomic mass is 16.6. The van der Waals surface area contributed by atoms with Gasteiger partial charge in [-0.25, -0.2) is 4.79 Å². The van der Waals surface area contributed by atoms with E-state index in [0.29, 0.717) is 12.0 Å². The van der Waals surface area contributed by atoms with Crippen LogP contribution >= 0.6 is 0 Å². The first-order valence-electron chi connectivity index (χ1n) is 7.45. The lowest BCUT2D eigenvalue weighted by Crippen LogP contribution is -2.29. The predicted molar refractivity (Wildman–Crippen MR) is 80.8 cm³/mol. The van der Waals surface area contributed by atoms with Gasteiger partial charge >= 0.3 is 11.9 Å². The average molecular weight is 306 g/mol. The van der Waals surface area contributed by atoms with Crippen LogP contribution in [-0.4, -0.2) is 35.9 Å². The molecule has 1 saturated heterocycles. The normalized spacial score (nSPS) is 33.9. The van der Waals surface area contributed by atoms with Crippen molar-refractivity contribution in [2.45, 2.75) is 45.3 Å². The Morgan fingerprint density at radius 1 is 1.55 bits per heavy atom. The predicted octanol–water partition coefficient (Wildman–Crippen LogP) is 2.06. The summed E-state index contributed by atoms with van der Waals surface area (Å²) in [5.41, 5.74) is 2.24. The van der Waals surface area contributed by atoms with Crippen LogP contribution in [-0.2, 0) is 19.1 Å². The minimum atomic E-state index is -0.794. The summed E-state index contributed by atoms with van der Waals surface area (Å²) in [4.78, 5) is 22.8. The van der Waals surface area contributed by atoms with E-state index in [4.69, 9.17) is 9.47 Å². The number of carbonyl (C=O) groups is 2. The lowest BCUT2D eigenvalue weighted by Gasteiger charge is -2.23. The van der Waals surface area contributed by atoms with Gasteiger partial charge in [-0.05, 0) is 25.3 Å². The maximum absolute atomic E-state index is 11.8. The summed E-state index contributed by atoms with van der Waals surface area (Å²) in [6.07, 6.45) is 4.56. The Kier molecular flexibility index (Phi) is 5.19. The molecule has 2 rings (SSSR count). The molecule has 3 atom stereocenters. The van der Waals surface area contributed by atoms with Gasteiger partial charge in [-0.1, -0.05) is 24.3 Å². The van der Waals surface area contributed by atoms with Crippen molar-refractivity contribution in [3.63, 3.8) is 0 Å². The van der Waals surface area contributed by atoms with Crippen molar-refractivity contribution in [2.75, 3.05) is 6.61 Å². The number of allylic oxidation sites excluding steroid dienone is 2. The molecule has 1 aliphatic carbocycles. The number of aliphatic hydroxyl groups is 1. The van der Waals surface area contributed by atoms with Gasteiger partial charge < -0.3 is 14.6 Å². The molecule has 0 saturated carbocycles. The SMILES string of the molecule is C=C1C(=O)O[C@H]2C/C(COC(C)=O)=C/CC/C(C)=C/[C@@H](O)[C@H]12. The number of fused-ring (bicyclic) bond motifs is 1. The Morgan fingerprint density at radius 2 is 2.27 bits per heavy atom. The first-order valence-corrected chi connectivity index (χ1v) is 7.45. The zero-order chi connectivity index (χ0) is 16.3. The highest BCUT2D eigenvalue weighted by Gasteiger charge is 2.42. The van der Waals surface area contributed by atoms with Crippen LogP contribution in [0.2, 0.25) is 0 Å². The number of ether oxygens (including phenoxy) is 2. The van der Waals surface area contributed by atoms with Crippen LogP contribution in [0.1, 0.15) is 33.1 Å². The quantitative estimate of drug-likeness (QED) is 0.480. The smallest absolute Gasteiger partial charge is 0.334 e. The van der Waals surface area contributed by atoms with Gasteiger partial charge in [0.15, 0.2) is 0 Å². The maximum atomic E-state index is 11.8. The third kappa shape index (κ3) is 3.85. The molecule has 120 valence electrons. The van der Waals surface area contributed by atoms with E-state index in [9.17, 15) is 14.7 Å². The second kappa shape index (κ2) is 6.92. The third-order valence-electron chi connectivity index (χ3n) is 4.04. The number of esters is 2. The van der Waals surface area contributed by atoms with Crippen molar-refractivity contribution in [1.29, 1.82) is 0 Å². The Balaban J connectivity index is 2.24. The Labute approximate surface area is 130 Å². The third-order valence-corrected chi connectivity index (χ3v) is 4.04. The monoisotopic (exact) mass is 306 g/mol. The standard InChI is InChI=1S/C17H22O5/c1-10-5-4-6-13(9-21-12(3)18)8-15-16(14(19)7-10)11(2)17(20)22-15/h6-7,14-16,19H,2,4-5,8-9H2,1,3H3/b10-7+,13-6-/t14-,15+,16+/m1/s1. The van der Waals surface area contributed by atoms with Gasteiger partial charge in [0, 0.05) is 18.9 Å². The molecule has 5 heteroatoms. The number of hydrogen-bond acceptors (Lipinski definition) is 5. The Morgan fingerprint density at radius 3 is 2.95 bits per heavy atom. The van der Waals surface area contributed by atoms with Gasteiger partial charge in [0.1, 0.15) is 12.7 Å². The molecule has 0 unspecified atom stereocenters. The fraction of sp³-hybridized carbons (Fsp3) is 0.529. The molecule has 0 bridgehead atoms. The van der Waals surface area contributed by atoms with E-state index in [2.05, 4.69) is 6.58 Å². The molecule has 0 spiro atoms. The summed E-state index contributed by atoms with van der Waals surface area (Å²) in [6, 6.07) is 0. The van der Waals surface area contributed by atoms with Crippen molar-refractivity contribution < 1.29 is 24.2 Å². The molecule has 1 fully saturated rings. The molecule has 1 aliphatic heterocycles. The van der Waals surface area contributed by atoms with Crippen LogP contribution in [0.3, 0.4) is 0 Å². The highest BCUT2D eigenvalue weighted by Crippen LogP contribution is 2.35. The highest BCUT2D eigenvalue weighted by molar-refractivity contribution is 5.91. The van der Waals surface area contributed by atoms with Crippen molar-refractivity contribution in [2.24, 2.45) is 5.92 Å². The van der Waals surface area contributed by atoms with Crippen LogP contribution < -0.4 is 0 Å². The Bertz CT molecular complexity index is 543. The van der Waals surface area contributed by atoms with Gasteiger partial charge in [0.05, 0.1) is 12.0 Å². The molecule has 5 nitrogen and oxygen atoms in total. The van der Waals surface area contributed by atoms with Crippen LogP contribution in [0.25, 0.3) is 0 Å².